The van der Waals surface area contributed by atoms with Gasteiger partial charge in [-0.1, -0.05) is 85.2 Å². The van der Waals surface area contributed by atoms with Crippen molar-refractivity contribution in [1.29, 1.82) is 0 Å². The van der Waals surface area contributed by atoms with Crippen LogP contribution in [0.3, 0.4) is 0 Å². The van der Waals surface area contributed by atoms with Crippen molar-refractivity contribution < 1.29 is 0 Å². The molecular formula is C22H29Br. The van der Waals surface area contributed by atoms with E-state index in [2.05, 4.69) is 73.2 Å². The Balaban J connectivity index is 1.77. The third kappa shape index (κ3) is 2.37. The normalized spacial score (nSPS) is 43.3. The first-order valence-corrected chi connectivity index (χ1v) is 10.3. The third-order valence-electron chi connectivity index (χ3n) is 7.24. The smallest absolute Gasteiger partial charge is 0.0135 e. The molecule has 2 saturated carbocycles. The van der Waals surface area contributed by atoms with Gasteiger partial charge in [-0.15, -0.1) is 0 Å². The molecular weight excluding hydrogens is 344 g/mol. The Morgan fingerprint density at radius 3 is 2.78 bits per heavy atom. The molecule has 1 heteroatoms. The SMILES string of the molecule is CCCC1CCC2C3C=CC(Br)=CC3C(C)(C)C3C=CC=C1C23. The summed E-state index contributed by atoms with van der Waals surface area (Å²) in [4.78, 5) is 0. The summed E-state index contributed by atoms with van der Waals surface area (Å²) < 4.78 is 1.28. The highest BCUT2D eigenvalue weighted by molar-refractivity contribution is 9.11. The van der Waals surface area contributed by atoms with Crippen LogP contribution in [0.2, 0.25) is 0 Å². The Morgan fingerprint density at radius 1 is 1.17 bits per heavy atom. The van der Waals surface area contributed by atoms with E-state index in [4.69, 9.17) is 0 Å². The molecule has 6 atom stereocenters. The van der Waals surface area contributed by atoms with Crippen LogP contribution in [-0.2, 0) is 0 Å². The number of halogens is 1. The topological polar surface area (TPSA) is 0 Å². The molecule has 0 N–H and O–H groups in total. The Bertz CT molecular complexity index is 603. The van der Waals surface area contributed by atoms with Crippen molar-refractivity contribution in [2.45, 2.75) is 46.5 Å². The zero-order valence-electron chi connectivity index (χ0n) is 14.6. The van der Waals surface area contributed by atoms with Crippen molar-refractivity contribution in [3.8, 4) is 0 Å². The summed E-state index contributed by atoms with van der Waals surface area (Å²) in [5.41, 5.74) is 2.13. The van der Waals surface area contributed by atoms with Gasteiger partial charge in [-0.25, -0.2) is 0 Å². The summed E-state index contributed by atoms with van der Waals surface area (Å²) in [5.74, 6) is 4.57. The van der Waals surface area contributed by atoms with E-state index in [9.17, 15) is 0 Å². The van der Waals surface area contributed by atoms with Crippen LogP contribution in [0, 0.1) is 40.9 Å². The lowest BCUT2D eigenvalue weighted by Gasteiger charge is -2.59. The van der Waals surface area contributed by atoms with Crippen LogP contribution in [0.1, 0.15) is 46.5 Å². The van der Waals surface area contributed by atoms with Crippen molar-refractivity contribution in [1.82, 2.24) is 0 Å². The second-order valence-electron chi connectivity index (χ2n) is 8.67. The first-order chi connectivity index (χ1) is 11.0. The molecule has 0 aromatic heterocycles. The average molecular weight is 373 g/mol. The molecule has 0 radical (unpaired) electrons. The van der Waals surface area contributed by atoms with E-state index in [0.717, 1.165) is 23.7 Å². The number of allylic oxidation sites excluding steroid dienone is 8. The van der Waals surface area contributed by atoms with Crippen LogP contribution < -0.4 is 0 Å². The summed E-state index contributed by atoms with van der Waals surface area (Å²) >= 11 is 3.73. The van der Waals surface area contributed by atoms with Crippen LogP contribution in [0.5, 0.6) is 0 Å². The van der Waals surface area contributed by atoms with Gasteiger partial charge in [-0.3, -0.25) is 0 Å². The average Bonchev–Trinajstić information content (AvgIpc) is 2.54. The Kier molecular flexibility index (Phi) is 3.99. The minimum atomic E-state index is 0.333. The lowest BCUT2D eigenvalue weighted by Crippen LogP contribution is -2.53. The molecule has 0 spiro atoms. The minimum Gasteiger partial charge on any atom is -0.0803 e. The number of rotatable bonds is 2. The predicted octanol–water partition coefficient (Wildman–Crippen LogP) is 6.66. The molecule has 4 aliphatic carbocycles. The van der Waals surface area contributed by atoms with Gasteiger partial charge < -0.3 is 0 Å². The maximum Gasteiger partial charge on any atom is 0.0135 e. The fourth-order valence-corrected chi connectivity index (χ4v) is 6.63. The maximum absolute atomic E-state index is 3.73. The molecule has 0 saturated heterocycles. The van der Waals surface area contributed by atoms with Crippen molar-refractivity contribution in [3.63, 3.8) is 0 Å². The van der Waals surface area contributed by atoms with Gasteiger partial charge in [-0.05, 0) is 60.2 Å². The van der Waals surface area contributed by atoms with E-state index in [-0.39, 0.29) is 0 Å². The van der Waals surface area contributed by atoms with E-state index >= 15 is 0 Å². The molecule has 124 valence electrons. The summed E-state index contributed by atoms with van der Waals surface area (Å²) in [6.07, 6.45) is 20.3. The van der Waals surface area contributed by atoms with Crippen molar-refractivity contribution in [2.24, 2.45) is 40.9 Å². The Hall–Kier alpha value is -0.560. The van der Waals surface area contributed by atoms with Crippen molar-refractivity contribution in [3.05, 3.63) is 46.5 Å². The summed E-state index contributed by atoms with van der Waals surface area (Å²) in [7, 11) is 0. The molecule has 0 heterocycles. The summed E-state index contributed by atoms with van der Waals surface area (Å²) in [5, 5.41) is 0. The van der Waals surface area contributed by atoms with E-state index in [1.54, 1.807) is 5.57 Å². The highest BCUT2D eigenvalue weighted by Gasteiger charge is 2.55. The van der Waals surface area contributed by atoms with Gasteiger partial charge in [-0.2, -0.15) is 0 Å². The van der Waals surface area contributed by atoms with Gasteiger partial charge in [0.1, 0.15) is 0 Å². The Labute approximate surface area is 149 Å². The van der Waals surface area contributed by atoms with Crippen LogP contribution >= 0.6 is 15.9 Å². The third-order valence-corrected chi connectivity index (χ3v) is 7.77. The summed E-state index contributed by atoms with van der Waals surface area (Å²) in [6, 6.07) is 0. The molecule has 0 amide bonds. The first-order valence-electron chi connectivity index (χ1n) is 9.47. The fraction of sp³-hybridized carbons (Fsp3) is 0.636. The number of hydrogen-bond acceptors (Lipinski definition) is 0. The highest BCUT2D eigenvalue weighted by atomic mass is 79.9. The first kappa shape index (κ1) is 15.9. The van der Waals surface area contributed by atoms with Gasteiger partial charge in [0.05, 0.1) is 0 Å². The van der Waals surface area contributed by atoms with Gasteiger partial charge in [0.25, 0.3) is 0 Å². The van der Waals surface area contributed by atoms with E-state index in [0.29, 0.717) is 17.3 Å². The molecule has 0 aliphatic heterocycles. The molecule has 6 unspecified atom stereocenters. The molecule has 23 heavy (non-hydrogen) atoms. The molecule has 0 aromatic carbocycles. The van der Waals surface area contributed by atoms with Gasteiger partial charge >= 0.3 is 0 Å². The second kappa shape index (κ2) is 5.76. The molecule has 4 aliphatic rings. The molecule has 2 fully saturated rings. The van der Waals surface area contributed by atoms with Gasteiger partial charge in [0.15, 0.2) is 0 Å². The molecule has 0 nitrogen and oxygen atoms in total. The number of hydrogen-bond donors (Lipinski definition) is 0. The van der Waals surface area contributed by atoms with E-state index in [1.165, 1.54) is 30.2 Å². The van der Waals surface area contributed by atoms with Crippen LogP contribution in [0.4, 0.5) is 0 Å². The zero-order chi connectivity index (χ0) is 16.2. The largest absolute Gasteiger partial charge is 0.0803 e. The molecule has 4 rings (SSSR count). The predicted molar refractivity (Wildman–Crippen MR) is 102 cm³/mol. The summed E-state index contributed by atoms with van der Waals surface area (Å²) in [6.45, 7) is 7.37. The number of fused-ring (bicyclic) bond motifs is 2. The Morgan fingerprint density at radius 2 is 2.00 bits per heavy atom. The minimum absolute atomic E-state index is 0.333. The lowest BCUT2D eigenvalue weighted by atomic mass is 9.45. The second-order valence-corrected chi connectivity index (χ2v) is 9.58. The standard InChI is InChI=1S/C22H29Br/c1-4-6-14-9-11-18-17-12-10-15(23)13-20(17)22(2,3)19-8-5-7-16(14)21(18)19/h5,7-8,10,12-14,17-21H,4,6,9,11H2,1-3H3. The highest BCUT2D eigenvalue weighted by Crippen LogP contribution is 2.62. The van der Waals surface area contributed by atoms with Crippen molar-refractivity contribution in [2.75, 3.05) is 0 Å². The molecule has 0 bridgehead atoms. The van der Waals surface area contributed by atoms with Crippen LogP contribution in [-0.4, -0.2) is 0 Å². The van der Waals surface area contributed by atoms with Gasteiger partial charge in [0, 0.05) is 4.48 Å². The fourth-order valence-electron chi connectivity index (χ4n) is 6.19. The molecule has 0 aromatic rings. The quantitative estimate of drug-likeness (QED) is 0.508. The van der Waals surface area contributed by atoms with E-state index in [1.807, 2.05) is 0 Å². The maximum atomic E-state index is 3.73. The van der Waals surface area contributed by atoms with Gasteiger partial charge in [0.2, 0.25) is 0 Å². The monoisotopic (exact) mass is 372 g/mol. The zero-order valence-corrected chi connectivity index (χ0v) is 16.2. The lowest BCUT2D eigenvalue weighted by molar-refractivity contribution is -0.0215. The van der Waals surface area contributed by atoms with Crippen molar-refractivity contribution >= 4 is 15.9 Å². The van der Waals surface area contributed by atoms with E-state index < -0.39 is 0 Å². The van der Waals surface area contributed by atoms with Crippen LogP contribution in [0.25, 0.3) is 0 Å². The van der Waals surface area contributed by atoms with Crippen LogP contribution in [0.15, 0.2) is 46.5 Å².